The minimum atomic E-state index is -0.119. The molecular formula is C30H31ClN4O3. The van der Waals surface area contributed by atoms with Crippen LogP contribution < -0.4 is 5.32 Å². The van der Waals surface area contributed by atoms with Crippen molar-refractivity contribution in [2.24, 2.45) is 0 Å². The Morgan fingerprint density at radius 2 is 1.84 bits per heavy atom. The summed E-state index contributed by atoms with van der Waals surface area (Å²) in [5, 5.41) is 4.01. The van der Waals surface area contributed by atoms with Crippen LogP contribution in [0.25, 0.3) is 11.1 Å². The third-order valence-corrected chi connectivity index (χ3v) is 8.18. The fourth-order valence-corrected chi connectivity index (χ4v) is 5.93. The number of carbonyl (C=O) groups is 2. The Hall–Kier alpha value is -3.42. The smallest absolute Gasteiger partial charge is 0.254 e. The second-order valence-corrected chi connectivity index (χ2v) is 10.9. The Morgan fingerprint density at radius 1 is 1.05 bits per heavy atom. The van der Waals surface area contributed by atoms with Gasteiger partial charge < -0.3 is 19.9 Å². The second kappa shape index (κ2) is 10.4. The van der Waals surface area contributed by atoms with Gasteiger partial charge in [0, 0.05) is 55.7 Å². The zero-order valence-electron chi connectivity index (χ0n) is 21.5. The van der Waals surface area contributed by atoms with Crippen molar-refractivity contribution >= 4 is 29.2 Å². The van der Waals surface area contributed by atoms with Crippen molar-refractivity contribution in [2.45, 2.75) is 51.4 Å². The Morgan fingerprint density at radius 3 is 2.66 bits per heavy atom. The molecule has 2 aromatic carbocycles. The molecule has 7 nitrogen and oxygen atoms in total. The zero-order chi connectivity index (χ0) is 26.2. The minimum absolute atomic E-state index is 0.0191. The number of anilines is 1. The number of hydrogen-bond donors (Lipinski definition) is 1. The molecule has 4 heterocycles. The van der Waals surface area contributed by atoms with Gasteiger partial charge >= 0.3 is 0 Å². The number of halogens is 1. The first-order valence-corrected chi connectivity index (χ1v) is 13.6. The van der Waals surface area contributed by atoms with Crippen LogP contribution in [0.4, 0.5) is 5.82 Å². The van der Waals surface area contributed by atoms with Gasteiger partial charge in [-0.1, -0.05) is 48.0 Å². The topological polar surface area (TPSA) is 74.8 Å². The minimum Gasteiger partial charge on any atom is -0.381 e. The molecule has 1 aromatic heterocycles. The summed E-state index contributed by atoms with van der Waals surface area (Å²) in [5.74, 6) is 0.618. The molecular weight excluding hydrogens is 500 g/mol. The van der Waals surface area contributed by atoms with Crippen molar-refractivity contribution in [3.05, 3.63) is 82.0 Å². The molecule has 3 aliphatic heterocycles. The molecule has 6 rings (SSSR count). The molecule has 1 saturated heterocycles. The normalized spacial score (nSPS) is 19.3. The van der Waals surface area contributed by atoms with Gasteiger partial charge in [0.05, 0.1) is 5.02 Å². The maximum Gasteiger partial charge on any atom is 0.254 e. The van der Waals surface area contributed by atoms with Crippen molar-refractivity contribution in [1.29, 1.82) is 0 Å². The highest BCUT2D eigenvalue weighted by Gasteiger charge is 2.33. The van der Waals surface area contributed by atoms with Crippen LogP contribution in [0.5, 0.6) is 0 Å². The molecule has 0 radical (unpaired) electrons. The van der Waals surface area contributed by atoms with Crippen LogP contribution in [0.3, 0.4) is 0 Å². The molecule has 3 aromatic rings. The average Bonchev–Trinajstić information content (AvgIpc) is 3.24. The molecule has 2 amide bonds. The largest absolute Gasteiger partial charge is 0.381 e. The molecule has 1 unspecified atom stereocenters. The number of benzene rings is 2. The number of nitrogens with zero attached hydrogens (tertiary/aromatic N) is 3. The van der Waals surface area contributed by atoms with Gasteiger partial charge in [0.25, 0.3) is 5.91 Å². The standard InChI is InChI=1S/C30H31ClN4O3/c1-19-12-20-4-2-3-5-22(20)17-35(19)29(36)18-34-16-23-7-6-21(13-26(23)30(34)37)25-14-28(32-15-27(25)31)33-24-8-10-38-11-9-24/h2-7,13-15,19,24H,8-12,16-18H2,1H3,(H,32,33). The summed E-state index contributed by atoms with van der Waals surface area (Å²) in [7, 11) is 0. The van der Waals surface area contributed by atoms with E-state index in [0.717, 1.165) is 55.0 Å². The first-order valence-electron chi connectivity index (χ1n) is 13.2. The van der Waals surface area contributed by atoms with Crippen molar-refractivity contribution in [3.8, 4) is 11.1 Å². The van der Waals surface area contributed by atoms with E-state index in [0.29, 0.717) is 29.7 Å². The van der Waals surface area contributed by atoms with Crippen LogP contribution in [0.1, 0.15) is 46.8 Å². The summed E-state index contributed by atoms with van der Waals surface area (Å²) in [4.78, 5) is 34.7. The van der Waals surface area contributed by atoms with Crippen LogP contribution >= 0.6 is 11.6 Å². The third-order valence-electron chi connectivity index (χ3n) is 7.88. The van der Waals surface area contributed by atoms with Crippen molar-refractivity contribution < 1.29 is 14.3 Å². The van der Waals surface area contributed by atoms with Crippen LogP contribution in [0.2, 0.25) is 5.02 Å². The van der Waals surface area contributed by atoms with Crippen LogP contribution in [-0.2, 0) is 29.0 Å². The molecule has 1 atom stereocenters. The predicted molar refractivity (Wildman–Crippen MR) is 147 cm³/mol. The van der Waals surface area contributed by atoms with Crippen LogP contribution in [0, 0.1) is 0 Å². The van der Waals surface area contributed by atoms with E-state index in [1.54, 1.807) is 11.1 Å². The fraction of sp³-hybridized carbons (Fsp3) is 0.367. The Balaban J connectivity index is 1.17. The van der Waals surface area contributed by atoms with E-state index in [1.165, 1.54) is 11.1 Å². The van der Waals surface area contributed by atoms with Gasteiger partial charge in [-0.05, 0) is 60.6 Å². The molecule has 1 N–H and O–H groups in total. The number of pyridine rings is 1. The summed E-state index contributed by atoms with van der Waals surface area (Å²) in [5.41, 5.74) is 5.70. The Labute approximate surface area is 227 Å². The Kier molecular flexibility index (Phi) is 6.80. The second-order valence-electron chi connectivity index (χ2n) is 10.5. The lowest BCUT2D eigenvalue weighted by molar-refractivity contribution is -0.135. The van der Waals surface area contributed by atoms with E-state index in [4.69, 9.17) is 16.3 Å². The zero-order valence-corrected chi connectivity index (χ0v) is 22.2. The SMILES string of the molecule is CC1Cc2ccccc2CN1C(=O)CN1Cc2ccc(-c3cc(NC4CCOCC4)ncc3Cl)cc2C1=O. The maximum absolute atomic E-state index is 13.4. The molecule has 1 fully saturated rings. The number of aromatic nitrogens is 1. The lowest BCUT2D eigenvalue weighted by Crippen LogP contribution is -2.47. The first-order chi connectivity index (χ1) is 18.5. The van der Waals surface area contributed by atoms with Gasteiger partial charge in [0.15, 0.2) is 0 Å². The number of fused-ring (bicyclic) bond motifs is 2. The van der Waals surface area contributed by atoms with Gasteiger partial charge in [-0.25, -0.2) is 4.98 Å². The van der Waals surface area contributed by atoms with Crippen molar-refractivity contribution in [2.75, 3.05) is 25.1 Å². The highest BCUT2D eigenvalue weighted by molar-refractivity contribution is 6.33. The molecule has 0 bridgehead atoms. The Bertz CT molecular complexity index is 1390. The summed E-state index contributed by atoms with van der Waals surface area (Å²) in [6.45, 7) is 4.65. The van der Waals surface area contributed by atoms with Crippen LogP contribution in [-0.4, -0.2) is 58.4 Å². The summed E-state index contributed by atoms with van der Waals surface area (Å²) in [6, 6.07) is 16.5. The third kappa shape index (κ3) is 4.88. The number of amides is 2. The van der Waals surface area contributed by atoms with Gasteiger partial charge in [0.1, 0.15) is 12.4 Å². The quantitative estimate of drug-likeness (QED) is 0.506. The van der Waals surface area contributed by atoms with Gasteiger partial charge in [-0.3, -0.25) is 9.59 Å². The number of ether oxygens (including phenoxy) is 1. The molecule has 0 aliphatic carbocycles. The lowest BCUT2D eigenvalue weighted by atomic mass is 9.95. The van der Waals surface area contributed by atoms with Crippen molar-refractivity contribution in [1.82, 2.24) is 14.8 Å². The first kappa shape index (κ1) is 24.9. The van der Waals surface area contributed by atoms with Gasteiger partial charge in [0.2, 0.25) is 5.91 Å². The fourth-order valence-electron chi connectivity index (χ4n) is 5.71. The monoisotopic (exact) mass is 530 g/mol. The number of carbonyl (C=O) groups excluding carboxylic acids is 2. The molecule has 8 heteroatoms. The highest BCUT2D eigenvalue weighted by atomic mass is 35.5. The van der Waals surface area contributed by atoms with Gasteiger partial charge in [-0.15, -0.1) is 0 Å². The summed E-state index contributed by atoms with van der Waals surface area (Å²) in [6.07, 6.45) is 4.35. The summed E-state index contributed by atoms with van der Waals surface area (Å²) < 4.78 is 5.45. The predicted octanol–water partition coefficient (Wildman–Crippen LogP) is 4.92. The maximum atomic E-state index is 13.4. The number of rotatable bonds is 5. The lowest BCUT2D eigenvalue weighted by Gasteiger charge is -2.35. The van der Waals surface area contributed by atoms with Crippen molar-refractivity contribution in [3.63, 3.8) is 0 Å². The van der Waals surface area contributed by atoms with E-state index in [-0.39, 0.29) is 24.4 Å². The molecule has 38 heavy (non-hydrogen) atoms. The molecule has 0 spiro atoms. The highest BCUT2D eigenvalue weighted by Crippen LogP contribution is 2.34. The van der Waals surface area contributed by atoms with E-state index in [9.17, 15) is 9.59 Å². The molecule has 3 aliphatic rings. The van der Waals surface area contributed by atoms with E-state index in [1.807, 2.05) is 41.3 Å². The van der Waals surface area contributed by atoms with Gasteiger partial charge in [-0.2, -0.15) is 0 Å². The van der Waals surface area contributed by atoms with E-state index in [2.05, 4.69) is 29.4 Å². The molecule has 196 valence electrons. The summed E-state index contributed by atoms with van der Waals surface area (Å²) >= 11 is 6.54. The van der Waals surface area contributed by atoms with E-state index >= 15 is 0 Å². The van der Waals surface area contributed by atoms with Crippen LogP contribution in [0.15, 0.2) is 54.7 Å². The van der Waals surface area contributed by atoms with E-state index < -0.39 is 0 Å². The number of hydrogen-bond acceptors (Lipinski definition) is 5. The number of nitrogens with one attached hydrogen (secondary N) is 1. The molecule has 0 saturated carbocycles. The average molecular weight is 531 g/mol.